The van der Waals surface area contributed by atoms with E-state index in [0.29, 0.717) is 0 Å². The van der Waals surface area contributed by atoms with Crippen molar-refractivity contribution in [2.45, 2.75) is 46.1 Å². The van der Waals surface area contributed by atoms with Crippen molar-refractivity contribution in [2.24, 2.45) is 4.99 Å². The summed E-state index contributed by atoms with van der Waals surface area (Å²) < 4.78 is 0. The molecule has 1 fully saturated rings. The van der Waals surface area contributed by atoms with Crippen LogP contribution in [0.5, 0.6) is 0 Å². The van der Waals surface area contributed by atoms with Gasteiger partial charge in [-0.2, -0.15) is 0 Å². The average Bonchev–Trinajstić information content (AvgIpc) is 2.58. The minimum atomic E-state index is 0.0520. The van der Waals surface area contributed by atoms with Gasteiger partial charge in [-0.1, -0.05) is 0 Å². The molecule has 0 unspecified atom stereocenters. The van der Waals surface area contributed by atoms with E-state index >= 15 is 0 Å². The highest BCUT2D eigenvalue weighted by atomic mass is 15.2. The highest BCUT2D eigenvalue weighted by Crippen LogP contribution is 2.02. The minimum absolute atomic E-state index is 0.0520. The van der Waals surface area contributed by atoms with Gasteiger partial charge in [0.25, 0.3) is 0 Å². The average molecular weight is 297 g/mol. The lowest BCUT2D eigenvalue weighted by molar-refractivity contribution is 0.275. The smallest absolute Gasteiger partial charge is 0.191 e. The lowest BCUT2D eigenvalue weighted by Crippen LogP contribution is -2.47. The molecule has 124 valence electrons. The first-order valence-electron chi connectivity index (χ1n) is 8.38. The molecule has 5 heteroatoms. The first-order chi connectivity index (χ1) is 9.90. The maximum Gasteiger partial charge on any atom is 0.191 e. The summed E-state index contributed by atoms with van der Waals surface area (Å²) in [5.74, 6) is 0.931. The van der Waals surface area contributed by atoms with Crippen LogP contribution in [-0.2, 0) is 0 Å². The van der Waals surface area contributed by atoms with Crippen molar-refractivity contribution in [3.63, 3.8) is 0 Å². The molecule has 1 aliphatic rings. The maximum absolute atomic E-state index is 4.68. The summed E-state index contributed by atoms with van der Waals surface area (Å²) in [6.07, 6.45) is 2.42. The Morgan fingerprint density at radius 1 is 1.14 bits per heavy atom. The fourth-order valence-corrected chi connectivity index (χ4v) is 2.47. The predicted molar refractivity (Wildman–Crippen MR) is 92.0 cm³/mol. The molecule has 21 heavy (non-hydrogen) atoms. The summed E-state index contributed by atoms with van der Waals surface area (Å²) in [6.45, 7) is 16.4. The van der Waals surface area contributed by atoms with Crippen LogP contribution in [0.3, 0.4) is 0 Å². The monoisotopic (exact) mass is 297 g/mol. The van der Waals surface area contributed by atoms with Gasteiger partial charge >= 0.3 is 0 Å². The molecular formula is C16H35N5. The van der Waals surface area contributed by atoms with Gasteiger partial charge in [0, 0.05) is 31.7 Å². The molecule has 0 aromatic rings. The van der Waals surface area contributed by atoms with E-state index in [4.69, 9.17) is 0 Å². The number of guanidine groups is 1. The van der Waals surface area contributed by atoms with Crippen LogP contribution in [0.1, 0.15) is 40.5 Å². The van der Waals surface area contributed by atoms with E-state index in [-0.39, 0.29) is 5.54 Å². The lowest BCUT2D eigenvalue weighted by Gasteiger charge is -2.24. The number of likely N-dealkylation sites (N-methyl/N-ethyl adjacent to an activating group) is 1. The van der Waals surface area contributed by atoms with E-state index < -0.39 is 0 Å². The normalized spacial score (nSPS) is 19.4. The zero-order valence-electron chi connectivity index (χ0n) is 14.7. The summed E-state index contributed by atoms with van der Waals surface area (Å²) in [4.78, 5) is 9.68. The third-order valence-corrected chi connectivity index (χ3v) is 3.55. The molecule has 0 aliphatic carbocycles. The molecule has 5 nitrogen and oxygen atoms in total. The quantitative estimate of drug-likeness (QED) is 0.457. The van der Waals surface area contributed by atoms with Gasteiger partial charge in [0.2, 0.25) is 0 Å². The van der Waals surface area contributed by atoms with Gasteiger partial charge in [0.1, 0.15) is 0 Å². The molecule has 0 aromatic carbocycles. The molecular weight excluding hydrogens is 262 g/mol. The van der Waals surface area contributed by atoms with Gasteiger partial charge in [-0.25, -0.2) is 0 Å². The fourth-order valence-electron chi connectivity index (χ4n) is 2.47. The Bertz CT molecular complexity index is 308. The molecule has 0 bridgehead atoms. The molecule has 2 N–H and O–H groups in total. The number of hydrogen-bond acceptors (Lipinski definition) is 3. The van der Waals surface area contributed by atoms with Gasteiger partial charge in [0.05, 0.1) is 0 Å². The standard InChI is InChI=1S/C16H35N5/c1-6-17-15(19-16(2,3)4)18-9-7-11-21-12-8-10-20(5)13-14-21/h6-14H2,1-5H3,(H2,17,18,19). The van der Waals surface area contributed by atoms with Gasteiger partial charge in [-0.15, -0.1) is 0 Å². The van der Waals surface area contributed by atoms with Gasteiger partial charge in [-0.3, -0.25) is 4.99 Å². The van der Waals surface area contributed by atoms with Crippen molar-refractivity contribution in [3.05, 3.63) is 0 Å². The largest absolute Gasteiger partial charge is 0.357 e. The molecule has 0 spiro atoms. The van der Waals surface area contributed by atoms with Crippen LogP contribution in [0, 0.1) is 0 Å². The highest BCUT2D eigenvalue weighted by Gasteiger charge is 2.12. The van der Waals surface area contributed by atoms with Crippen LogP contribution in [0.4, 0.5) is 0 Å². The van der Waals surface area contributed by atoms with Crippen molar-refractivity contribution >= 4 is 5.96 Å². The Morgan fingerprint density at radius 2 is 1.90 bits per heavy atom. The second-order valence-corrected chi connectivity index (χ2v) is 6.99. The molecule has 0 saturated carbocycles. The molecule has 0 aromatic heterocycles. The first kappa shape index (κ1) is 18.2. The molecule has 1 rings (SSSR count). The summed E-state index contributed by atoms with van der Waals surface area (Å²) in [5, 5.41) is 6.74. The Labute approximate surface area is 131 Å². The van der Waals surface area contributed by atoms with E-state index in [1.54, 1.807) is 0 Å². The molecule has 1 aliphatic heterocycles. The van der Waals surface area contributed by atoms with E-state index in [0.717, 1.165) is 32.0 Å². The van der Waals surface area contributed by atoms with Crippen LogP contribution in [0.25, 0.3) is 0 Å². The number of hydrogen-bond donors (Lipinski definition) is 2. The lowest BCUT2D eigenvalue weighted by atomic mass is 10.1. The minimum Gasteiger partial charge on any atom is -0.357 e. The Kier molecular flexibility index (Phi) is 8.04. The Hall–Kier alpha value is -0.810. The second-order valence-electron chi connectivity index (χ2n) is 6.99. The van der Waals surface area contributed by atoms with Crippen molar-refractivity contribution < 1.29 is 0 Å². The van der Waals surface area contributed by atoms with Crippen LogP contribution in [-0.4, -0.2) is 74.2 Å². The molecule has 1 heterocycles. The van der Waals surface area contributed by atoms with Gasteiger partial charge in [0.15, 0.2) is 5.96 Å². The topological polar surface area (TPSA) is 42.9 Å². The second kappa shape index (κ2) is 9.26. The van der Waals surface area contributed by atoms with Crippen molar-refractivity contribution in [1.82, 2.24) is 20.4 Å². The van der Waals surface area contributed by atoms with E-state index in [1.165, 1.54) is 32.6 Å². The number of rotatable bonds is 5. The third kappa shape index (κ3) is 8.94. The predicted octanol–water partition coefficient (Wildman–Crippen LogP) is 1.37. The summed E-state index contributed by atoms with van der Waals surface area (Å²) in [5.41, 5.74) is 0.0520. The van der Waals surface area contributed by atoms with Crippen LogP contribution >= 0.6 is 0 Å². The summed E-state index contributed by atoms with van der Waals surface area (Å²) in [6, 6.07) is 0. The van der Waals surface area contributed by atoms with Crippen LogP contribution in [0.2, 0.25) is 0 Å². The molecule has 0 radical (unpaired) electrons. The molecule has 1 saturated heterocycles. The van der Waals surface area contributed by atoms with Crippen LogP contribution in [0.15, 0.2) is 4.99 Å². The SMILES string of the molecule is CCNC(=NCCCN1CCCN(C)CC1)NC(C)(C)C. The van der Waals surface area contributed by atoms with E-state index in [2.05, 4.69) is 60.2 Å². The summed E-state index contributed by atoms with van der Waals surface area (Å²) >= 11 is 0. The maximum atomic E-state index is 4.68. The van der Waals surface area contributed by atoms with Crippen molar-refractivity contribution in [3.8, 4) is 0 Å². The highest BCUT2D eigenvalue weighted by molar-refractivity contribution is 5.80. The zero-order valence-corrected chi connectivity index (χ0v) is 14.7. The Balaban J connectivity index is 2.30. The van der Waals surface area contributed by atoms with Crippen LogP contribution < -0.4 is 10.6 Å². The Morgan fingerprint density at radius 3 is 2.57 bits per heavy atom. The number of nitrogens with one attached hydrogen (secondary N) is 2. The van der Waals surface area contributed by atoms with Gasteiger partial charge in [-0.05, 0) is 67.2 Å². The number of nitrogens with zero attached hydrogens (tertiary/aromatic N) is 3. The third-order valence-electron chi connectivity index (χ3n) is 3.55. The fraction of sp³-hybridized carbons (Fsp3) is 0.938. The molecule has 0 amide bonds. The van der Waals surface area contributed by atoms with Crippen molar-refractivity contribution in [2.75, 3.05) is 52.9 Å². The first-order valence-corrected chi connectivity index (χ1v) is 8.38. The molecule has 0 atom stereocenters. The summed E-state index contributed by atoms with van der Waals surface area (Å²) in [7, 11) is 2.22. The van der Waals surface area contributed by atoms with Gasteiger partial charge < -0.3 is 20.4 Å². The zero-order chi connectivity index (χ0) is 15.7. The van der Waals surface area contributed by atoms with E-state index in [1.807, 2.05) is 0 Å². The van der Waals surface area contributed by atoms with E-state index in [9.17, 15) is 0 Å². The van der Waals surface area contributed by atoms with Crippen molar-refractivity contribution in [1.29, 1.82) is 0 Å². The number of aliphatic imine (C=N–C) groups is 1.